The molecule has 6 fully saturated rings. The molecule has 0 spiro atoms. The maximum Gasteiger partial charge on any atom is 0.104 e. The van der Waals surface area contributed by atoms with Crippen molar-refractivity contribution in [2.45, 2.75) is 187 Å². The first-order valence-corrected chi connectivity index (χ1v) is 20.4. The van der Waals surface area contributed by atoms with Crippen molar-refractivity contribution < 1.29 is 33.5 Å². The summed E-state index contributed by atoms with van der Waals surface area (Å²) in [5.74, 6) is 3.38. The summed E-state index contributed by atoms with van der Waals surface area (Å²) in [7, 11) is 0. The maximum atomic E-state index is 9.39. The summed E-state index contributed by atoms with van der Waals surface area (Å²) in [6, 6.07) is 0. The van der Waals surface area contributed by atoms with E-state index in [1.807, 2.05) is 0 Å². The molecule has 0 amide bonds. The van der Waals surface area contributed by atoms with E-state index in [1.165, 1.54) is 89.9 Å². The molecule has 7 nitrogen and oxygen atoms in total. The van der Waals surface area contributed by atoms with Crippen molar-refractivity contribution in [2.24, 2.45) is 34.5 Å². The zero-order valence-electron chi connectivity index (χ0n) is 31.8. The van der Waals surface area contributed by atoms with Gasteiger partial charge in [0.15, 0.2) is 0 Å². The summed E-state index contributed by atoms with van der Waals surface area (Å²) in [6.45, 7) is 18.7. The highest BCUT2D eigenvalue weighted by Gasteiger charge is 2.42. The molecule has 4 aliphatic carbocycles. The molecule has 6 rings (SSSR count). The van der Waals surface area contributed by atoms with Crippen molar-refractivity contribution in [3.05, 3.63) is 0 Å². The summed E-state index contributed by atoms with van der Waals surface area (Å²) in [6.07, 6.45) is 22.6. The lowest BCUT2D eigenvalue weighted by atomic mass is 9.60. The summed E-state index contributed by atoms with van der Waals surface area (Å²) in [5.41, 5.74) is 0.890. The van der Waals surface area contributed by atoms with E-state index >= 15 is 0 Å². The molecule has 2 aliphatic heterocycles. The molecule has 280 valence electrons. The molecular formula is C41H74O7. The number of ether oxygens (including phenoxy) is 6. The summed E-state index contributed by atoms with van der Waals surface area (Å²) in [5, 5.41) is 9.39. The molecule has 3 atom stereocenters. The van der Waals surface area contributed by atoms with Gasteiger partial charge < -0.3 is 33.5 Å². The topological polar surface area (TPSA) is 82.2 Å². The van der Waals surface area contributed by atoms with Crippen molar-refractivity contribution in [3.8, 4) is 0 Å². The van der Waals surface area contributed by atoms with Gasteiger partial charge in [0.25, 0.3) is 0 Å². The number of hydrogen-bond donors (Lipinski definition) is 1. The minimum absolute atomic E-state index is 0.349. The number of epoxide rings is 2. The van der Waals surface area contributed by atoms with Crippen LogP contribution in [0.25, 0.3) is 0 Å². The quantitative estimate of drug-likeness (QED) is 0.174. The fraction of sp³-hybridized carbons (Fsp3) is 1.00. The molecule has 0 aromatic carbocycles. The van der Waals surface area contributed by atoms with Crippen LogP contribution >= 0.6 is 0 Å². The second kappa shape index (κ2) is 18.5. The monoisotopic (exact) mass is 679 g/mol. The molecule has 2 heterocycles. The Hall–Kier alpha value is -0.280. The maximum absolute atomic E-state index is 9.39. The van der Waals surface area contributed by atoms with E-state index < -0.39 is 0 Å². The Morgan fingerprint density at radius 1 is 0.521 bits per heavy atom. The van der Waals surface area contributed by atoms with E-state index in [-0.39, 0.29) is 6.10 Å². The van der Waals surface area contributed by atoms with Crippen LogP contribution in [-0.4, -0.2) is 87.5 Å². The smallest absolute Gasteiger partial charge is 0.104 e. The highest BCUT2D eigenvalue weighted by atomic mass is 16.6. The van der Waals surface area contributed by atoms with Gasteiger partial charge in [-0.3, -0.25) is 0 Å². The average Bonchev–Trinajstić information content (AvgIpc) is 4.03. The van der Waals surface area contributed by atoms with Gasteiger partial charge in [0.1, 0.15) is 12.2 Å². The fourth-order valence-electron chi connectivity index (χ4n) is 9.89. The molecule has 48 heavy (non-hydrogen) atoms. The first-order chi connectivity index (χ1) is 23.0. The van der Waals surface area contributed by atoms with Crippen LogP contribution in [0.2, 0.25) is 0 Å². The molecule has 0 radical (unpaired) electrons. The third kappa shape index (κ3) is 11.9. The minimum Gasteiger partial charge on any atom is -0.391 e. The molecule has 0 aromatic heterocycles. The zero-order chi connectivity index (χ0) is 34.1. The zero-order valence-corrected chi connectivity index (χ0v) is 31.8. The standard InChI is InChI=1S/C21H38O4.C20H36O3/c1-15(22)12-23-18-8-4-16(5-9-18)21(2,3)17-6-10-19(11-7-17)24-13-20-14-25-20;1-4-21-17-9-5-15(6-10-17)20(2,3)16-7-11-18(12-8-16)22-13-19-14-23-19/h15-20,22H,4-14H2,1-3H3;15-19H,4-14H2,1-3H3. The third-order valence-electron chi connectivity index (χ3n) is 13.7. The summed E-state index contributed by atoms with van der Waals surface area (Å²) in [4.78, 5) is 0. The second-order valence-corrected chi connectivity index (χ2v) is 17.8. The molecule has 1 N–H and O–H groups in total. The van der Waals surface area contributed by atoms with E-state index in [9.17, 15) is 5.11 Å². The Bertz CT molecular complexity index is 854. The Kier molecular flexibility index (Phi) is 15.0. The fourth-order valence-corrected chi connectivity index (χ4v) is 9.89. The molecule has 3 unspecified atom stereocenters. The van der Waals surface area contributed by atoms with Gasteiger partial charge in [-0.25, -0.2) is 0 Å². The van der Waals surface area contributed by atoms with E-state index in [1.54, 1.807) is 6.92 Å². The molecular weight excluding hydrogens is 604 g/mol. The molecule has 0 bridgehead atoms. The van der Waals surface area contributed by atoms with Crippen LogP contribution < -0.4 is 0 Å². The number of rotatable bonds is 15. The molecule has 0 aromatic rings. The van der Waals surface area contributed by atoms with Gasteiger partial charge in [0, 0.05) is 6.61 Å². The van der Waals surface area contributed by atoms with Crippen molar-refractivity contribution in [2.75, 3.05) is 39.6 Å². The minimum atomic E-state index is -0.349. The van der Waals surface area contributed by atoms with Gasteiger partial charge in [-0.05, 0) is 151 Å². The third-order valence-corrected chi connectivity index (χ3v) is 13.7. The number of hydrogen-bond acceptors (Lipinski definition) is 7. The Morgan fingerprint density at radius 2 is 0.812 bits per heavy atom. The van der Waals surface area contributed by atoms with Crippen LogP contribution in [0, 0.1) is 34.5 Å². The van der Waals surface area contributed by atoms with Crippen LogP contribution in [0.4, 0.5) is 0 Å². The highest BCUT2D eigenvalue weighted by Crippen LogP contribution is 2.50. The first kappa shape index (κ1) is 38.9. The molecule has 4 saturated carbocycles. The molecule has 2 saturated heterocycles. The van der Waals surface area contributed by atoms with Gasteiger partial charge in [-0.2, -0.15) is 0 Å². The predicted octanol–water partition coefficient (Wildman–Crippen LogP) is 8.53. The summed E-state index contributed by atoms with van der Waals surface area (Å²) >= 11 is 0. The lowest BCUT2D eigenvalue weighted by Crippen LogP contribution is -2.39. The van der Waals surface area contributed by atoms with Crippen molar-refractivity contribution in [1.29, 1.82) is 0 Å². The van der Waals surface area contributed by atoms with Gasteiger partial charge in [0.05, 0.1) is 63.6 Å². The van der Waals surface area contributed by atoms with E-state index in [4.69, 9.17) is 28.4 Å². The second-order valence-electron chi connectivity index (χ2n) is 17.8. The lowest BCUT2D eigenvalue weighted by Gasteiger charge is -2.46. The van der Waals surface area contributed by atoms with Crippen LogP contribution in [0.3, 0.4) is 0 Å². The van der Waals surface area contributed by atoms with Crippen molar-refractivity contribution >= 4 is 0 Å². The lowest BCUT2D eigenvalue weighted by molar-refractivity contribution is -0.0505. The average molecular weight is 679 g/mol. The van der Waals surface area contributed by atoms with Crippen LogP contribution in [0.5, 0.6) is 0 Å². The molecule has 6 aliphatic rings. The Morgan fingerprint density at radius 3 is 1.08 bits per heavy atom. The van der Waals surface area contributed by atoms with Crippen LogP contribution in [0.15, 0.2) is 0 Å². The van der Waals surface area contributed by atoms with Gasteiger partial charge in [0.2, 0.25) is 0 Å². The van der Waals surface area contributed by atoms with E-state index in [2.05, 4.69) is 34.6 Å². The van der Waals surface area contributed by atoms with E-state index in [0.717, 1.165) is 69.5 Å². The van der Waals surface area contributed by atoms with Crippen molar-refractivity contribution in [3.63, 3.8) is 0 Å². The van der Waals surface area contributed by atoms with Gasteiger partial charge in [-0.15, -0.1) is 0 Å². The van der Waals surface area contributed by atoms with Gasteiger partial charge >= 0.3 is 0 Å². The number of aliphatic hydroxyl groups is 1. The van der Waals surface area contributed by atoms with Crippen LogP contribution in [-0.2, 0) is 28.4 Å². The van der Waals surface area contributed by atoms with Crippen molar-refractivity contribution in [1.82, 2.24) is 0 Å². The van der Waals surface area contributed by atoms with Gasteiger partial charge in [-0.1, -0.05) is 27.7 Å². The first-order valence-electron chi connectivity index (χ1n) is 20.4. The molecule has 7 heteroatoms. The number of aliphatic hydroxyl groups excluding tert-OH is 1. The van der Waals surface area contributed by atoms with Crippen LogP contribution in [0.1, 0.15) is 144 Å². The highest BCUT2D eigenvalue weighted by molar-refractivity contribution is 4.92. The van der Waals surface area contributed by atoms with E-state index in [0.29, 0.717) is 54.1 Å². The Balaban J connectivity index is 0.000000188. The SMILES string of the molecule is CC(O)COC1CCC(C(C)(C)C2CCC(OCC3CO3)CC2)CC1.CCOC1CCC(C(C)(C)C2CCC(OCC3CO3)CC2)CC1. The normalized spacial score (nSPS) is 38.1. The predicted molar refractivity (Wildman–Crippen MR) is 191 cm³/mol. The largest absolute Gasteiger partial charge is 0.391 e. The summed E-state index contributed by atoms with van der Waals surface area (Å²) < 4.78 is 34.2. The Labute approximate surface area is 294 Å².